The SMILES string of the molecule is O=C1CC(c2ccccc2)c2c(sc3ccc(Cl)cc3c2=O)N1c1ccccc1. The number of benzene rings is 3. The molecule has 0 saturated carbocycles. The lowest BCUT2D eigenvalue weighted by Crippen LogP contribution is -2.35. The average molecular weight is 418 g/mol. The van der Waals surface area contributed by atoms with Crippen molar-refractivity contribution in [3.63, 3.8) is 0 Å². The van der Waals surface area contributed by atoms with Crippen LogP contribution in [0.1, 0.15) is 23.5 Å². The fourth-order valence-corrected chi connectivity index (χ4v) is 5.35. The zero-order chi connectivity index (χ0) is 20.0. The number of amides is 1. The summed E-state index contributed by atoms with van der Waals surface area (Å²) in [6.07, 6.45) is 0.250. The number of fused-ring (bicyclic) bond motifs is 2. The van der Waals surface area contributed by atoms with E-state index in [1.165, 1.54) is 11.3 Å². The first-order valence-corrected chi connectivity index (χ1v) is 10.5. The first-order valence-electron chi connectivity index (χ1n) is 9.32. The number of carbonyl (C=O) groups excluding carboxylic acids is 1. The van der Waals surface area contributed by atoms with E-state index in [9.17, 15) is 9.59 Å². The van der Waals surface area contributed by atoms with Crippen LogP contribution in [0.2, 0.25) is 5.02 Å². The van der Waals surface area contributed by atoms with Gasteiger partial charge in [-0.1, -0.05) is 60.1 Å². The minimum Gasteiger partial charge on any atom is -0.289 e. The summed E-state index contributed by atoms with van der Waals surface area (Å²) in [5, 5.41) is 1.83. The number of nitrogens with zero attached hydrogens (tertiary/aromatic N) is 1. The van der Waals surface area contributed by atoms with Crippen molar-refractivity contribution >= 4 is 49.6 Å². The number of rotatable bonds is 2. The second-order valence-electron chi connectivity index (χ2n) is 7.02. The van der Waals surface area contributed by atoms with Crippen LogP contribution in [0, 0.1) is 0 Å². The van der Waals surface area contributed by atoms with E-state index in [2.05, 4.69) is 0 Å². The Bertz CT molecular complexity index is 1290. The predicted octanol–water partition coefficient (Wildman–Crippen LogP) is 6.12. The molecular weight excluding hydrogens is 402 g/mol. The van der Waals surface area contributed by atoms with Gasteiger partial charge in [0.05, 0.1) is 0 Å². The summed E-state index contributed by atoms with van der Waals surface area (Å²) in [5.41, 5.74) is 2.35. The summed E-state index contributed by atoms with van der Waals surface area (Å²) in [5.74, 6) is -0.285. The van der Waals surface area contributed by atoms with E-state index < -0.39 is 0 Å². The Balaban J connectivity index is 1.84. The maximum absolute atomic E-state index is 13.6. The monoisotopic (exact) mass is 417 g/mol. The molecule has 0 bridgehead atoms. The van der Waals surface area contributed by atoms with Gasteiger partial charge in [0, 0.05) is 38.7 Å². The van der Waals surface area contributed by atoms with Crippen LogP contribution in [0.15, 0.2) is 83.7 Å². The molecule has 1 atom stereocenters. The van der Waals surface area contributed by atoms with Crippen LogP contribution in [0.4, 0.5) is 10.7 Å². The zero-order valence-corrected chi connectivity index (χ0v) is 16.9. The third-order valence-electron chi connectivity index (χ3n) is 5.26. The first kappa shape index (κ1) is 18.1. The summed E-state index contributed by atoms with van der Waals surface area (Å²) in [7, 11) is 0. The molecule has 1 unspecified atom stereocenters. The Kier molecular flexibility index (Phi) is 4.46. The quantitative estimate of drug-likeness (QED) is 0.394. The van der Waals surface area contributed by atoms with Crippen LogP contribution < -0.4 is 10.3 Å². The number of hydrogen-bond acceptors (Lipinski definition) is 3. The van der Waals surface area contributed by atoms with Gasteiger partial charge in [0.2, 0.25) is 5.91 Å². The van der Waals surface area contributed by atoms with E-state index in [1.54, 1.807) is 17.0 Å². The Morgan fingerprint density at radius 2 is 1.59 bits per heavy atom. The normalized spacial score (nSPS) is 16.1. The maximum Gasteiger partial charge on any atom is 0.233 e. The molecule has 0 N–H and O–H groups in total. The molecule has 3 aromatic carbocycles. The molecule has 142 valence electrons. The Labute approximate surface area is 176 Å². The van der Waals surface area contributed by atoms with Crippen molar-refractivity contribution in [1.29, 1.82) is 0 Å². The molecule has 0 fully saturated rings. The fourth-order valence-electron chi connectivity index (χ4n) is 3.93. The van der Waals surface area contributed by atoms with Gasteiger partial charge in [0.1, 0.15) is 5.00 Å². The highest BCUT2D eigenvalue weighted by Crippen LogP contribution is 2.45. The molecular formula is C24H16ClNO2S. The fraction of sp³-hybridized carbons (Fsp3) is 0.0833. The Hall–Kier alpha value is -2.95. The molecule has 1 aliphatic rings. The van der Waals surface area contributed by atoms with Crippen molar-refractivity contribution in [2.24, 2.45) is 0 Å². The van der Waals surface area contributed by atoms with Gasteiger partial charge in [0.25, 0.3) is 0 Å². The van der Waals surface area contributed by atoms with E-state index in [0.717, 1.165) is 16.0 Å². The standard InChI is InChI=1S/C24H16ClNO2S/c25-16-11-12-20-19(13-16)23(28)22-18(15-7-3-1-4-8-15)14-21(27)26(24(22)29-20)17-9-5-2-6-10-17/h1-13,18H,14H2. The molecule has 1 aromatic heterocycles. The van der Waals surface area contributed by atoms with E-state index >= 15 is 0 Å². The summed E-state index contributed by atoms with van der Waals surface area (Å²) >= 11 is 7.64. The summed E-state index contributed by atoms with van der Waals surface area (Å²) in [4.78, 5) is 28.5. The van der Waals surface area contributed by atoms with E-state index in [0.29, 0.717) is 21.0 Å². The lowest BCUT2D eigenvalue weighted by molar-refractivity contribution is -0.118. The third-order valence-corrected chi connectivity index (χ3v) is 6.67. The molecule has 29 heavy (non-hydrogen) atoms. The average Bonchev–Trinajstić information content (AvgIpc) is 2.75. The molecule has 2 heterocycles. The number of anilines is 2. The number of carbonyl (C=O) groups is 1. The number of halogens is 1. The molecule has 1 aliphatic heterocycles. The van der Waals surface area contributed by atoms with Crippen molar-refractivity contribution in [1.82, 2.24) is 0 Å². The third kappa shape index (κ3) is 3.05. The summed E-state index contributed by atoms with van der Waals surface area (Å²) < 4.78 is 0.820. The smallest absolute Gasteiger partial charge is 0.233 e. The second kappa shape index (κ2) is 7.14. The molecule has 1 amide bonds. The first-order chi connectivity index (χ1) is 14.1. The Morgan fingerprint density at radius 3 is 2.31 bits per heavy atom. The van der Waals surface area contributed by atoms with Crippen molar-refractivity contribution in [2.45, 2.75) is 12.3 Å². The molecule has 5 rings (SSSR count). The molecule has 3 nitrogen and oxygen atoms in total. The Morgan fingerprint density at radius 1 is 0.897 bits per heavy atom. The van der Waals surface area contributed by atoms with E-state index in [1.807, 2.05) is 66.7 Å². The van der Waals surface area contributed by atoms with Gasteiger partial charge in [-0.15, -0.1) is 11.3 Å². The molecule has 0 aliphatic carbocycles. The summed E-state index contributed by atoms with van der Waals surface area (Å²) in [6.45, 7) is 0. The number of hydrogen-bond donors (Lipinski definition) is 0. The second-order valence-corrected chi connectivity index (χ2v) is 8.49. The van der Waals surface area contributed by atoms with Crippen LogP contribution in [-0.4, -0.2) is 5.91 Å². The lowest BCUT2D eigenvalue weighted by Gasteiger charge is -2.33. The van der Waals surface area contributed by atoms with Gasteiger partial charge >= 0.3 is 0 Å². The van der Waals surface area contributed by atoms with Gasteiger partial charge in [0.15, 0.2) is 5.43 Å². The van der Waals surface area contributed by atoms with E-state index in [4.69, 9.17) is 11.6 Å². The highest BCUT2D eigenvalue weighted by molar-refractivity contribution is 7.22. The molecule has 4 aromatic rings. The van der Waals surface area contributed by atoms with Gasteiger partial charge < -0.3 is 0 Å². The van der Waals surface area contributed by atoms with Gasteiger partial charge in [-0.3, -0.25) is 14.5 Å². The van der Waals surface area contributed by atoms with Crippen molar-refractivity contribution in [3.05, 3.63) is 105 Å². The summed E-state index contributed by atoms with van der Waals surface area (Å²) in [6, 6.07) is 24.6. The van der Waals surface area contributed by atoms with Gasteiger partial charge in [-0.25, -0.2) is 0 Å². The van der Waals surface area contributed by atoms with Gasteiger partial charge in [-0.2, -0.15) is 0 Å². The van der Waals surface area contributed by atoms with Crippen molar-refractivity contribution < 1.29 is 4.79 Å². The molecule has 5 heteroatoms. The lowest BCUT2D eigenvalue weighted by atomic mass is 9.85. The molecule has 0 spiro atoms. The van der Waals surface area contributed by atoms with Crippen LogP contribution >= 0.6 is 22.9 Å². The molecule has 0 radical (unpaired) electrons. The molecule has 0 saturated heterocycles. The number of para-hydroxylation sites is 1. The van der Waals surface area contributed by atoms with Crippen LogP contribution in [0.5, 0.6) is 0 Å². The van der Waals surface area contributed by atoms with Crippen LogP contribution in [-0.2, 0) is 4.79 Å². The highest BCUT2D eigenvalue weighted by atomic mass is 35.5. The minimum atomic E-state index is -0.272. The zero-order valence-electron chi connectivity index (χ0n) is 15.3. The predicted molar refractivity (Wildman–Crippen MR) is 120 cm³/mol. The maximum atomic E-state index is 13.6. The topological polar surface area (TPSA) is 37.4 Å². The highest BCUT2D eigenvalue weighted by Gasteiger charge is 2.36. The van der Waals surface area contributed by atoms with Crippen molar-refractivity contribution in [3.8, 4) is 0 Å². The van der Waals surface area contributed by atoms with Crippen LogP contribution in [0.25, 0.3) is 10.1 Å². The van der Waals surface area contributed by atoms with Crippen LogP contribution in [0.3, 0.4) is 0 Å². The van der Waals surface area contributed by atoms with Crippen molar-refractivity contribution in [2.75, 3.05) is 4.90 Å². The van der Waals surface area contributed by atoms with E-state index in [-0.39, 0.29) is 23.7 Å². The minimum absolute atomic E-state index is 0.0125. The van der Waals surface area contributed by atoms with Gasteiger partial charge in [-0.05, 0) is 35.9 Å². The largest absolute Gasteiger partial charge is 0.289 e.